The highest BCUT2D eigenvalue weighted by Crippen LogP contribution is 2.36. The maximum absolute atomic E-state index is 6.13. The van der Waals surface area contributed by atoms with Crippen LogP contribution in [-0.4, -0.2) is 9.97 Å². The van der Waals surface area contributed by atoms with E-state index in [1.54, 1.807) is 6.20 Å². The van der Waals surface area contributed by atoms with Crippen molar-refractivity contribution >= 4 is 55.6 Å². The van der Waals surface area contributed by atoms with Gasteiger partial charge in [0.1, 0.15) is 5.58 Å². The molecule has 0 amide bonds. The van der Waals surface area contributed by atoms with E-state index in [-0.39, 0.29) is 0 Å². The normalized spacial score (nSPS) is 11.5. The monoisotopic (exact) mass is 574 g/mol. The molecule has 0 aliphatic carbocycles. The molecule has 0 aliphatic rings. The van der Waals surface area contributed by atoms with Gasteiger partial charge in [-0.05, 0) is 81.2 Å². The molecule has 0 N–H and O–H groups in total. The summed E-state index contributed by atoms with van der Waals surface area (Å²) in [4.78, 5) is 9.17. The Morgan fingerprint density at radius 1 is 0.583 bits per heavy atom. The summed E-state index contributed by atoms with van der Waals surface area (Å²) in [6.45, 7) is 0. The van der Waals surface area contributed by atoms with Gasteiger partial charge >= 0.3 is 0 Å². The zero-order chi connectivity index (χ0) is 24.1. The van der Waals surface area contributed by atoms with Gasteiger partial charge in [-0.3, -0.25) is 4.98 Å². The standard InChI is InChI=1S/C32H19IN2O/c33-26-14-12-20(13-15-26)23-10-11-24-17-25(19-35-30(24)18-23)21-6-8-22(9-7-21)27-3-1-4-28-29-5-2-16-34-32(29)36-31(27)28/h1-19H. The molecule has 0 atom stereocenters. The van der Waals surface area contributed by atoms with Crippen molar-refractivity contribution in [2.45, 2.75) is 0 Å². The van der Waals surface area contributed by atoms with E-state index in [1.165, 1.54) is 14.7 Å². The van der Waals surface area contributed by atoms with Crippen LogP contribution in [0.25, 0.3) is 66.4 Å². The van der Waals surface area contributed by atoms with Crippen molar-refractivity contribution in [2.75, 3.05) is 0 Å². The van der Waals surface area contributed by atoms with E-state index in [0.29, 0.717) is 5.71 Å². The third-order valence-corrected chi connectivity index (χ3v) is 7.39. The fraction of sp³-hybridized carbons (Fsp3) is 0. The van der Waals surface area contributed by atoms with Gasteiger partial charge < -0.3 is 4.42 Å². The van der Waals surface area contributed by atoms with Gasteiger partial charge in [-0.15, -0.1) is 0 Å². The lowest BCUT2D eigenvalue weighted by molar-refractivity contribution is 0.655. The van der Waals surface area contributed by atoms with Crippen LogP contribution in [0.5, 0.6) is 0 Å². The van der Waals surface area contributed by atoms with E-state index < -0.39 is 0 Å². The fourth-order valence-corrected chi connectivity index (χ4v) is 5.16. The van der Waals surface area contributed by atoms with E-state index in [4.69, 9.17) is 9.40 Å². The molecule has 0 radical (unpaired) electrons. The van der Waals surface area contributed by atoms with Gasteiger partial charge in [0.15, 0.2) is 0 Å². The Hall–Kier alpha value is -4.03. The molecular formula is C32H19IN2O. The van der Waals surface area contributed by atoms with Gasteiger partial charge in [-0.25, -0.2) is 4.98 Å². The molecule has 7 aromatic rings. The highest BCUT2D eigenvalue weighted by atomic mass is 127. The summed E-state index contributed by atoms with van der Waals surface area (Å²) in [5, 5.41) is 3.26. The smallest absolute Gasteiger partial charge is 0.227 e. The summed E-state index contributed by atoms with van der Waals surface area (Å²) in [5.41, 5.74) is 9.33. The first-order valence-electron chi connectivity index (χ1n) is 11.8. The summed E-state index contributed by atoms with van der Waals surface area (Å²) in [6, 6.07) is 36.1. The summed E-state index contributed by atoms with van der Waals surface area (Å²) < 4.78 is 7.36. The Morgan fingerprint density at radius 2 is 1.31 bits per heavy atom. The molecule has 0 fully saturated rings. The molecule has 0 bridgehead atoms. The van der Waals surface area contributed by atoms with Crippen molar-refractivity contribution in [1.82, 2.24) is 9.97 Å². The number of pyridine rings is 2. The SMILES string of the molecule is Ic1ccc(-c2ccc3cc(-c4ccc(-c5cccc6c5oc5ncccc56)cc4)cnc3c2)cc1. The number of fused-ring (bicyclic) bond motifs is 4. The number of furan rings is 1. The first kappa shape index (κ1) is 21.3. The van der Waals surface area contributed by atoms with Crippen molar-refractivity contribution in [3.05, 3.63) is 119 Å². The Kier molecular flexibility index (Phi) is 5.06. The number of nitrogens with zero attached hydrogens (tertiary/aromatic N) is 2. The quantitative estimate of drug-likeness (QED) is 0.198. The molecule has 4 heteroatoms. The average Bonchev–Trinajstić information content (AvgIpc) is 3.32. The molecule has 3 nitrogen and oxygen atoms in total. The van der Waals surface area contributed by atoms with E-state index in [2.05, 4.69) is 125 Å². The van der Waals surface area contributed by atoms with Crippen LogP contribution in [-0.2, 0) is 0 Å². The first-order valence-corrected chi connectivity index (χ1v) is 12.8. The largest absolute Gasteiger partial charge is 0.437 e. The zero-order valence-corrected chi connectivity index (χ0v) is 21.3. The molecule has 7 rings (SSSR count). The second kappa shape index (κ2) is 8.57. The molecular weight excluding hydrogens is 555 g/mol. The predicted molar refractivity (Wildman–Crippen MR) is 156 cm³/mol. The van der Waals surface area contributed by atoms with E-state index in [9.17, 15) is 0 Å². The highest BCUT2D eigenvalue weighted by Gasteiger charge is 2.13. The molecule has 0 aliphatic heterocycles. The molecule has 170 valence electrons. The number of rotatable bonds is 3. The van der Waals surface area contributed by atoms with Crippen molar-refractivity contribution in [2.24, 2.45) is 0 Å². The third-order valence-electron chi connectivity index (χ3n) is 6.67. The number of hydrogen-bond donors (Lipinski definition) is 0. The lowest BCUT2D eigenvalue weighted by Gasteiger charge is -2.08. The second-order valence-corrected chi connectivity index (χ2v) is 10.1. The van der Waals surface area contributed by atoms with Gasteiger partial charge in [0.25, 0.3) is 0 Å². The zero-order valence-electron chi connectivity index (χ0n) is 19.2. The number of para-hydroxylation sites is 1. The van der Waals surface area contributed by atoms with Crippen LogP contribution in [0.4, 0.5) is 0 Å². The van der Waals surface area contributed by atoms with Gasteiger partial charge in [0.05, 0.1) is 5.52 Å². The molecule has 3 heterocycles. The van der Waals surface area contributed by atoms with E-state index >= 15 is 0 Å². The number of hydrogen-bond acceptors (Lipinski definition) is 3. The molecule has 36 heavy (non-hydrogen) atoms. The fourth-order valence-electron chi connectivity index (χ4n) is 4.80. The van der Waals surface area contributed by atoms with Crippen LogP contribution >= 0.6 is 22.6 Å². The molecule has 0 saturated heterocycles. The molecule has 0 unspecified atom stereocenters. The maximum atomic E-state index is 6.13. The van der Waals surface area contributed by atoms with Crippen LogP contribution in [0.2, 0.25) is 0 Å². The number of halogens is 1. The average molecular weight is 574 g/mol. The topological polar surface area (TPSA) is 38.9 Å². The Bertz CT molecular complexity index is 1890. The van der Waals surface area contributed by atoms with E-state index in [0.717, 1.165) is 49.5 Å². The third kappa shape index (κ3) is 3.65. The van der Waals surface area contributed by atoms with Gasteiger partial charge in [0.2, 0.25) is 5.71 Å². The Balaban J connectivity index is 1.23. The van der Waals surface area contributed by atoms with Crippen molar-refractivity contribution in [3.63, 3.8) is 0 Å². The lowest BCUT2D eigenvalue weighted by atomic mass is 9.98. The van der Waals surface area contributed by atoms with E-state index in [1.807, 2.05) is 12.3 Å². The Morgan fingerprint density at radius 3 is 2.17 bits per heavy atom. The van der Waals surface area contributed by atoms with Crippen LogP contribution in [0, 0.1) is 3.57 Å². The molecule has 3 aromatic heterocycles. The predicted octanol–water partition coefficient (Wildman–Crippen LogP) is 9.13. The van der Waals surface area contributed by atoms with Gasteiger partial charge in [-0.2, -0.15) is 0 Å². The summed E-state index contributed by atoms with van der Waals surface area (Å²) in [6.07, 6.45) is 3.72. The number of aromatic nitrogens is 2. The molecule has 4 aromatic carbocycles. The maximum Gasteiger partial charge on any atom is 0.227 e. The minimum absolute atomic E-state index is 0.670. The summed E-state index contributed by atoms with van der Waals surface area (Å²) in [5.74, 6) is 0. The van der Waals surface area contributed by atoms with Crippen LogP contribution in [0.15, 0.2) is 120 Å². The van der Waals surface area contributed by atoms with Gasteiger partial charge in [0, 0.05) is 43.2 Å². The van der Waals surface area contributed by atoms with Crippen molar-refractivity contribution in [3.8, 4) is 33.4 Å². The Labute approximate surface area is 221 Å². The minimum atomic E-state index is 0.670. The van der Waals surface area contributed by atoms with Crippen LogP contribution in [0.1, 0.15) is 0 Å². The minimum Gasteiger partial charge on any atom is -0.437 e. The second-order valence-electron chi connectivity index (χ2n) is 8.86. The van der Waals surface area contributed by atoms with Crippen molar-refractivity contribution < 1.29 is 4.42 Å². The number of benzene rings is 4. The molecule has 0 spiro atoms. The summed E-state index contributed by atoms with van der Waals surface area (Å²) >= 11 is 2.33. The first-order chi connectivity index (χ1) is 17.7. The van der Waals surface area contributed by atoms with Crippen LogP contribution in [0.3, 0.4) is 0 Å². The van der Waals surface area contributed by atoms with Gasteiger partial charge in [-0.1, -0.05) is 66.7 Å². The lowest BCUT2D eigenvalue weighted by Crippen LogP contribution is -1.86. The summed E-state index contributed by atoms with van der Waals surface area (Å²) in [7, 11) is 0. The van der Waals surface area contributed by atoms with Crippen molar-refractivity contribution in [1.29, 1.82) is 0 Å². The highest BCUT2D eigenvalue weighted by molar-refractivity contribution is 14.1. The molecule has 0 saturated carbocycles. The van der Waals surface area contributed by atoms with Crippen LogP contribution < -0.4 is 0 Å².